The van der Waals surface area contributed by atoms with Crippen LogP contribution < -0.4 is 15.4 Å². The third kappa shape index (κ3) is 2.85. The second-order valence-electron chi connectivity index (χ2n) is 5.09. The molecule has 19 heavy (non-hydrogen) atoms. The van der Waals surface area contributed by atoms with Gasteiger partial charge in [0.25, 0.3) is 0 Å². The lowest BCUT2D eigenvalue weighted by molar-refractivity contribution is -0.124. The number of benzene rings is 1. The molecule has 2 atom stereocenters. The van der Waals surface area contributed by atoms with Gasteiger partial charge in [-0.2, -0.15) is 0 Å². The molecule has 2 aliphatic heterocycles. The Hall–Kier alpha value is -1.26. The Morgan fingerprint density at radius 2 is 2.37 bits per heavy atom. The molecule has 0 aliphatic carbocycles. The Labute approximate surface area is 117 Å². The normalized spacial score (nSPS) is 25.6. The highest BCUT2D eigenvalue weighted by Crippen LogP contribution is 2.30. The predicted octanol–water partition coefficient (Wildman–Crippen LogP) is 1.51. The van der Waals surface area contributed by atoms with Crippen molar-refractivity contribution >= 4 is 17.5 Å². The maximum absolute atomic E-state index is 11.6. The van der Waals surface area contributed by atoms with E-state index in [2.05, 4.69) is 10.6 Å². The number of piperidine rings is 1. The van der Waals surface area contributed by atoms with Crippen LogP contribution in [-0.2, 0) is 11.2 Å². The minimum absolute atomic E-state index is 0.0790. The summed E-state index contributed by atoms with van der Waals surface area (Å²) in [6, 6.07) is 5.62. The van der Waals surface area contributed by atoms with E-state index < -0.39 is 0 Å². The summed E-state index contributed by atoms with van der Waals surface area (Å²) in [4.78, 5) is 11.6. The third-order valence-electron chi connectivity index (χ3n) is 3.64. The first kappa shape index (κ1) is 12.8. The lowest BCUT2D eigenvalue weighted by atomic mass is 10.1. The average Bonchev–Trinajstić information content (AvgIpc) is 2.79. The van der Waals surface area contributed by atoms with Crippen molar-refractivity contribution in [2.75, 3.05) is 13.1 Å². The van der Waals surface area contributed by atoms with E-state index in [-0.39, 0.29) is 18.1 Å². The van der Waals surface area contributed by atoms with Crippen LogP contribution in [-0.4, -0.2) is 31.1 Å². The molecule has 2 N–H and O–H groups in total. The number of hydrogen-bond donors (Lipinski definition) is 2. The van der Waals surface area contributed by atoms with E-state index in [1.165, 1.54) is 0 Å². The number of ether oxygens (including phenoxy) is 1. The Morgan fingerprint density at radius 1 is 1.47 bits per heavy atom. The van der Waals surface area contributed by atoms with Gasteiger partial charge in [-0.05, 0) is 36.6 Å². The van der Waals surface area contributed by atoms with E-state index in [9.17, 15) is 4.79 Å². The van der Waals surface area contributed by atoms with Crippen molar-refractivity contribution in [3.8, 4) is 5.75 Å². The Bertz CT molecular complexity index is 492. The SMILES string of the molecule is O=C1NCCCC1NCC1Cc2cc(Cl)ccc2O1. The summed E-state index contributed by atoms with van der Waals surface area (Å²) in [6.45, 7) is 1.48. The largest absolute Gasteiger partial charge is 0.488 e. The van der Waals surface area contributed by atoms with Gasteiger partial charge < -0.3 is 15.4 Å². The van der Waals surface area contributed by atoms with Crippen molar-refractivity contribution < 1.29 is 9.53 Å². The standard InChI is InChI=1S/C14H17ClN2O2/c15-10-3-4-13-9(6-10)7-11(19-13)8-17-12-2-1-5-16-14(12)18/h3-4,6,11-12,17H,1-2,5,7-8H2,(H,16,18). The number of rotatable bonds is 3. The smallest absolute Gasteiger partial charge is 0.237 e. The summed E-state index contributed by atoms with van der Waals surface area (Å²) >= 11 is 5.96. The van der Waals surface area contributed by atoms with Crippen LogP contribution in [0.2, 0.25) is 5.02 Å². The zero-order chi connectivity index (χ0) is 13.2. The number of nitrogens with one attached hydrogen (secondary N) is 2. The highest BCUT2D eigenvalue weighted by atomic mass is 35.5. The number of carbonyl (C=O) groups is 1. The van der Waals surface area contributed by atoms with Crippen molar-refractivity contribution in [3.63, 3.8) is 0 Å². The first-order valence-electron chi connectivity index (χ1n) is 6.68. The minimum atomic E-state index is -0.0790. The van der Waals surface area contributed by atoms with Gasteiger partial charge in [-0.25, -0.2) is 0 Å². The third-order valence-corrected chi connectivity index (χ3v) is 3.88. The summed E-state index contributed by atoms with van der Waals surface area (Å²) in [5.41, 5.74) is 1.15. The van der Waals surface area contributed by atoms with Gasteiger partial charge >= 0.3 is 0 Å². The zero-order valence-electron chi connectivity index (χ0n) is 10.6. The van der Waals surface area contributed by atoms with Crippen molar-refractivity contribution in [1.29, 1.82) is 0 Å². The average molecular weight is 281 g/mol. The van der Waals surface area contributed by atoms with Crippen molar-refractivity contribution in [1.82, 2.24) is 10.6 Å². The maximum Gasteiger partial charge on any atom is 0.237 e. The number of hydrogen-bond acceptors (Lipinski definition) is 3. The molecule has 3 rings (SSSR count). The lowest BCUT2D eigenvalue weighted by Gasteiger charge is -2.24. The monoisotopic (exact) mass is 280 g/mol. The Morgan fingerprint density at radius 3 is 3.21 bits per heavy atom. The number of halogens is 1. The summed E-state index contributed by atoms with van der Waals surface area (Å²) in [7, 11) is 0. The fourth-order valence-electron chi connectivity index (χ4n) is 2.64. The number of amides is 1. The molecular weight excluding hydrogens is 264 g/mol. The van der Waals surface area contributed by atoms with Crippen LogP contribution in [0.25, 0.3) is 0 Å². The van der Waals surface area contributed by atoms with Crippen molar-refractivity contribution in [2.24, 2.45) is 0 Å². The van der Waals surface area contributed by atoms with Crippen LogP contribution in [0.15, 0.2) is 18.2 Å². The van der Waals surface area contributed by atoms with Crippen LogP contribution in [0.5, 0.6) is 5.75 Å². The quantitative estimate of drug-likeness (QED) is 0.882. The van der Waals surface area contributed by atoms with Gasteiger partial charge in [0.1, 0.15) is 11.9 Å². The molecule has 1 fully saturated rings. The highest BCUT2D eigenvalue weighted by molar-refractivity contribution is 6.30. The molecule has 0 aromatic heterocycles. The molecular formula is C14H17ClN2O2. The van der Waals surface area contributed by atoms with Gasteiger partial charge in [0.15, 0.2) is 0 Å². The Kier molecular flexibility index (Phi) is 3.62. The van der Waals surface area contributed by atoms with Crippen LogP contribution in [0.4, 0.5) is 0 Å². The van der Waals surface area contributed by atoms with E-state index >= 15 is 0 Å². The number of fused-ring (bicyclic) bond motifs is 1. The van der Waals surface area contributed by atoms with Crippen LogP contribution in [0.1, 0.15) is 18.4 Å². The fraction of sp³-hybridized carbons (Fsp3) is 0.500. The molecule has 1 amide bonds. The molecule has 0 radical (unpaired) electrons. The molecule has 0 spiro atoms. The van der Waals surface area contributed by atoms with Crippen LogP contribution in [0, 0.1) is 0 Å². The zero-order valence-corrected chi connectivity index (χ0v) is 11.4. The molecule has 2 aliphatic rings. The molecule has 1 saturated heterocycles. The first-order valence-corrected chi connectivity index (χ1v) is 7.06. The Balaban J connectivity index is 1.54. The summed E-state index contributed by atoms with van der Waals surface area (Å²) in [5, 5.41) is 6.90. The molecule has 2 unspecified atom stereocenters. The molecule has 5 heteroatoms. The highest BCUT2D eigenvalue weighted by Gasteiger charge is 2.26. The van der Waals surface area contributed by atoms with Crippen molar-refractivity contribution in [2.45, 2.75) is 31.4 Å². The molecule has 4 nitrogen and oxygen atoms in total. The van der Waals surface area contributed by atoms with Crippen molar-refractivity contribution in [3.05, 3.63) is 28.8 Å². The van der Waals surface area contributed by atoms with E-state index in [0.29, 0.717) is 6.54 Å². The number of carbonyl (C=O) groups excluding carboxylic acids is 1. The maximum atomic E-state index is 11.6. The van der Waals surface area contributed by atoms with Gasteiger partial charge in [-0.3, -0.25) is 4.79 Å². The van der Waals surface area contributed by atoms with E-state index in [4.69, 9.17) is 16.3 Å². The van der Waals surface area contributed by atoms with Crippen LogP contribution in [0.3, 0.4) is 0 Å². The van der Waals surface area contributed by atoms with Gasteiger partial charge in [0, 0.05) is 24.5 Å². The van der Waals surface area contributed by atoms with E-state index in [1.807, 2.05) is 18.2 Å². The molecule has 2 heterocycles. The summed E-state index contributed by atoms with van der Waals surface area (Å²) in [5.74, 6) is 1.01. The van der Waals surface area contributed by atoms with Gasteiger partial charge in [-0.1, -0.05) is 11.6 Å². The predicted molar refractivity (Wildman–Crippen MR) is 73.6 cm³/mol. The fourth-order valence-corrected chi connectivity index (χ4v) is 2.84. The minimum Gasteiger partial charge on any atom is -0.488 e. The molecule has 0 saturated carbocycles. The van der Waals surface area contributed by atoms with Gasteiger partial charge in [0.05, 0.1) is 6.04 Å². The second-order valence-corrected chi connectivity index (χ2v) is 5.53. The van der Waals surface area contributed by atoms with E-state index in [0.717, 1.165) is 42.1 Å². The van der Waals surface area contributed by atoms with Gasteiger partial charge in [0.2, 0.25) is 5.91 Å². The second kappa shape index (κ2) is 5.39. The first-order chi connectivity index (χ1) is 9.22. The summed E-state index contributed by atoms with van der Waals surface area (Å²) in [6.07, 6.45) is 2.86. The molecule has 0 bridgehead atoms. The topological polar surface area (TPSA) is 50.4 Å². The van der Waals surface area contributed by atoms with Crippen LogP contribution >= 0.6 is 11.6 Å². The van der Waals surface area contributed by atoms with Gasteiger partial charge in [-0.15, -0.1) is 0 Å². The van der Waals surface area contributed by atoms with E-state index in [1.54, 1.807) is 0 Å². The lowest BCUT2D eigenvalue weighted by Crippen LogP contribution is -2.50. The summed E-state index contributed by atoms with van der Waals surface area (Å²) < 4.78 is 5.84. The molecule has 1 aromatic carbocycles. The molecule has 102 valence electrons. The molecule has 1 aromatic rings.